The smallest absolute Gasteiger partial charge is 0.227 e. The number of rotatable bonds is 6. The summed E-state index contributed by atoms with van der Waals surface area (Å²) in [7, 11) is 5.57. The van der Waals surface area contributed by atoms with E-state index in [9.17, 15) is 9.59 Å². The van der Waals surface area contributed by atoms with Gasteiger partial charge >= 0.3 is 0 Å². The number of methoxy groups -OCH3 is 1. The molecule has 2 N–H and O–H groups in total. The molecule has 29 heavy (non-hydrogen) atoms. The largest absolute Gasteiger partial charge is 0.497 e. The molecule has 2 aromatic carbocycles. The highest BCUT2D eigenvalue weighted by molar-refractivity contribution is 5.94. The fourth-order valence-corrected chi connectivity index (χ4v) is 3.65. The van der Waals surface area contributed by atoms with Crippen LogP contribution in [0.3, 0.4) is 0 Å². The number of hydrogen-bond acceptors (Lipinski definition) is 4. The van der Waals surface area contributed by atoms with Crippen LogP contribution in [-0.4, -0.2) is 33.0 Å². The Kier molecular flexibility index (Phi) is 6.75. The van der Waals surface area contributed by atoms with Gasteiger partial charge in [-0.05, 0) is 62.1 Å². The van der Waals surface area contributed by atoms with Crippen LogP contribution in [0, 0.1) is 11.8 Å². The molecule has 0 saturated heterocycles. The molecule has 1 aliphatic carbocycles. The maximum absolute atomic E-state index is 12.6. The van der Waals surface area contributed by atoms with E-state index >= 15 is 0 Å². The summed E-state index contributed by atoms with van der Waals surface area (Å²) in [5.41, 5.74) is 2.62. The van der Waals surface area contributed by atoms with Crippen molar-refractivity contribution in [3.05, 3.63) is 48.5 Å². The Balaban J connectivity index is 1.48. The summed E-state index contributed by atoms with van der Waals surface area (Å²) < 4.78 is 5.19. The lowest BCUT2D eigenvalue weighted by molar-refractivity contribution is -0.125. The van der Waals surface area contributed by atoms with Gasteiger partial charge in [0.05, 0.1) is 7.11 Å². The quantitative estimate of drug-likeness (QED) is 0.771. The van der Waals surface area contributed by atoms with E-state index in [1.54, 1.807) is 13.2 Å². The van der Waals surface area contributed by atoms with E-state index in [4.69, 9.17) is 4.74 Å². The standard InChI is InChI=1S/C23H29N3O3/c1-26(2)20-13-11-18(12-14-20)24-22(27)16-7-9-17(10-8-16)23(28)25-19-5-4-6-21(15-19)29-3/h4-6,11-17H,7-10H2,1-3H3,(H,24,27)(H,25,28). The third kappa shape index (κ3) is 5.50. The van der Waals surface area contributed by atoms with E-state index in [2.05, 4.69) is 10.6 Å². The average molecular weight is 396 g/mol. The molecule has 1 aliphatic rings. The molecule has 3 rings (SSSR count). The van der Waals surface area contributed by atoms with Gasteiger partial charge in [0.1, 0.15) is 5.75 Å². The van der Waals surface area contributed by atoms with Gasteiger partial charge in [-0.1, -0.05) is 6.07 Å². The van der Waals surface area contributed by atoms with Crippen molar-refractivity contribution in [3.63, 3.8) is 0 Å². The molecule has 6 heteroatoms. The number of anilines is 3. The number of benzene rings is 2. The molecule has 0 radical (unpaired) electrons. The zero-order valence-corrected chi connectivity index (χ0v) is 17.3. The van der Waals surface area contributed by atoms with Gasteiger partial charge in [0.25, 0.3) is 0 Å². The van der Waals surface area contributed by atoms with Gasteiger partial charge in [-0.25, -0.2) is 0 Å². The number of carbonyl (C=O) groups excluding carboxylic acids is 2. The summed E-state index contributed by atoms with van der Waals surface area (Å²) in [6, 6.07) is 15.1. The van der Waals surface area contributed by atoms with Crippen LogP contribution in [0.25, 0.3) is 0 Å². The van der Waals surface area contributed by atoms with Gasteiger partial charge in [0.2, 0.25) is 11.8 Å². The summed E-state index contributed by atoms with van der Waals surface area (Å²) in [4.78, 5) is 27.2. The fourth-order valence-electron chi connectivity index (χ4n) is 3.65. The molecule has 0 heterocycles. The number of amides is 2. The van der Waals surface area contributed by atoms with E-state index in [0.29, 0.717) is 18.6 Å². The molecule has 2 amide bonds. The lowest BCUT2D eigenvalue weighted by Gasteiger charge is -2.27. The van der Waals surface area contributed by atoms with Gasteiger partial charge in [0.15, 0.2) is 0 Å². The first-order valence-corrected chi connectivity index (χ1v) is 9.99. The zero-order valence-electron chi connectivity index (χ0n) is 17.3. The van der Waals surface area contributed by atoms with Crippen molar-refractivity contribution in [3.8, 4) is 5.75 Å². The van der Waals surface area contributed by atoms with E-state index in [0.717, 1.165) is 29.9 Å². The fraction of sp³-hybridized carbons (Fsp3) is 0.391. The first-order valence-electron chi connectivity index (χ1n) is 9.99. The number of nitrogens with zero attached hydrogens (tertiary/aromatic N) is 1. The number of ether oxygens (including phenoxy) is 1. The van der Waals surface area contributed by atoms with Crippen molar-refractivity contribution in [1.82, 2.24) is 0 Å². The highest BCUT2D eigenvalue weighted by Gasteiger charge is 2.30. The van der Waals surface area contributed by atoms with E-state index < -0.39 is 0 Å². The van der Waals surface area contributed by atoms with Gasteiger partial charge in [-0.2, -0.15) is 0 Å². The highest BCUT2D eigenvalue weighted by Crippen LogP contribution is 2.31. The lowest BCUT2D eigenvalue weighted by atomic mass is 9.81. The minimum absolute atomic E-state index is 0.0105. The molecule has 2 aromatic rings. The second-order valence-corrected chi connectivity index (χ2v) is 7.70. The summed E-state index contributed by atoms with van der Waals surface area (Å²) in [5.74, 6) is 0.640. The Bertz CT molecular complexity index is 841. The van der Waals surface area contributed by atoms with E-state index in [-0.39, 0.29) is 23.7 Å². The maximum Gasteiger partial charge on any atom is 0.227 e. The van der Waals surface area contributed by atoms with E-state index in [1.165, 1.54) is 0 Å². The Morgan fingerprint density at radius 2 is 1.41 bits per heavy atom. The van der Waals surface area contributed by atoms with Crippen LogP contribution in [0.5, 0.6) is 5.75 Å². The SMILES string of the molecule is COc1cccc(NC(=O)C2CCC(C(=O)Nc3ccc(N(C)C)cc3)CC2)c1. The summed E-state index contributed by atoms with van der Waals surface area (Å²) in [5, 5.41) is 5.96. The number of nitrogens with one attached hydrogen (secondary N) is 2. The third-order valence-corrected chi connectivity index (χ3v) is 5.46. The Morgan fingerprint density at radius 3 is 1.93 bits per heavy atom. The first kappa shape index (κ1) is 20.7. The van der Waals surface area contributed by atoms with Crippen LogP contribution in [0.15, 0.2) is 48.5 Å². The van der Waals surface area contributed by atoms with Crippen molar-refractivity contribution in [2.75, 3.05) is 36.7 Å². The molecule has 0 atom stereocenters. The summed E-state index contributed by atoms with van der Waals surface area (Å²) in [6.07, 6.45) is 2.87. The molecule has 1 saturated carbocycles. The Morgan fingerprint density at radius 1 is 0.862 bits per heavy atom. The van der Waals surface area contributed by atoms with Crippen LogP contribution >= 0.6 is 0 Å². The molecule has 1 fully saturated rings. The molecular formula is C23H29N3O3. The molecule has 0 spiro atoms. The molecule has 0 bridgehead atoms. The van der Waals surface area contributed by atoms with E-state index in [1.807, 2.05) is 61.5 Å². The molecule has 0 aliphatic heterocycles. The number of carbonyl (C=O) groups is 2. The minimum atomic E-state index is -0.0652. The average Bonchev–Trinajstić information content (AvgIpc) is 2.74. The minimum Gasteiger partial charge on any atom is -0.497 e. The van der Waals surface area contributed by atoms with Crippen molar-refractivity contribution in [1.29, 1.82) is 0 Å². The van der Waals surface area contributed by atoms with Gasteiger partial charge in [-0.3, -0.25) is 9.59 Å². The van der Waals surface area contributed by atoms with Crippen molar-refractivity contribution in [2.24, 2.45) is 11.8 Å². The molecule has 0 aromatic heterocycles. The predicted octanol–water partition coefficient (Wildman–Crippen LogP) is 4.14. The lowest BCUT2D eigenvalue weighted by Crippen LogP contribution is -2.32. The normalized spacial score (nSPS) is 18.6. The maximum atomic E-state index is 12.6. The third-order valence-electron chi connectivity index (χ3n) is 5.46. The van der Waals surface area contributed by atoms with Crippen LogP contribution in [0.2, 0.25) is 0 Å². The number of hydrogen-bond donors (Lipinski definition) is 2. The van der Waals surface area contributed by atoms with Crippen molar-refractivity contribution >= 4 is 28.9 Å². The van der Waals surface area contributed by atoms with Crippen molar-refractivity contribution < 1.29 is 14.3 Å². The van der Waals surface area contributed by atoms with Gasteiger partial charge in [0, 0.05) is 49.1 Å². The molecule has 0 unspecified atom stereocenters. The van der Waals surface area contributed by atoms with Crippen LogP contribution in [-0.2, 0) is 9.59 Å². The second-order valence-electron chi connectivity index (χ2n) is 7.70. The predicted molar refractivity (Wildman–Crippen MR) is 116 cm³/mol. The van der Waals surface area contributed by atoms with Gasteiger partial charge in [-0.15, -0.1) is 0 Å². The van der Waals surface area contributed by atoms with Crippen LogP contribution < -0.4 is 20.3 Å². The Labute approximate surface area is 172 Å². The molecular weight excluding hydrogens is 366 g/mol. The first-order chi connectivity index (χ1) is 14.0. The van der Waals surface area contributed by atoms with Crippen molar-refractivity contribution in [2.45, 2.75) is 25.7 Å². The summed E-state index contributed by atoms with van der Waals surface area (Å²) in [6.45, 7) is 0. The Hall–Kier alpha value is -3.02. The monoisotopic (exact) mass is 395 g/mol. The van der Waals surface area contributed by atoms with Crippen LogP contribution in [0.1, 0.15) is 25.7 Å². The second kappa shape index (κ2) is 9.45. The van der Waals surface area contributed by atoms with Gasteiger partial charge < -0.3 is 20.3 Å². The zero-order chi connectivity index (χ0) is 20.8. The highest BCUT2D eigenvalue weighted by atomic mass is 16.5. The topological polar surface area (TPSA) is 70.7 Å². The molecule has 6 nitrogen and oxygen atoms in total. The van der Waals surface area contributed by atoms with Crippen LogP contribution in [0.4, 0.5) is 17.1 Å². The summed E-state index contributed by atoms with van der Waals surface area (Å²) >= 11 is 0. The molecule has 154 valence electrons.